The van der Waals surface area contributed by atoms with E-state index >= 15 is 0 Å². The average molecular weight is 273 g/mol. The Morgan fingerprint density at radius 2 is 2.18 bits per heavy atom. The van der Waals surface area contributed by atoms with E-state index in [0.29, 0.717) is 12.4 Å². The van der Waals surface area contributed by atoms with Crippen LogP contribution in [-0.2, 0) is 25.9 Å². The number of aromatic nitrogens is 4. The number of nitrogens with zero attached hydrogens (tertiary/aromatic N) is 4. The fraction of sp³-hybridized carbons (Fsp3) is 0.455. The third-order valence-corrected chi connectivity index (χ3v) is 3.42. The summed E-state index contributed by atoms with van der Waals surface area (Å²) in [5.74, 6) is 1.23. The van der Waals surface area contributed by atoms with E-state index in [1.54, 1.807) is 6.20 Å². The van der Waals surface area contributed by atoms with Crippen molar-refractivity contribution in [2.24, 2.45) is 7.05 Å². The first kappa shape index (κ1) is 12.5. The first-order chi connectivity index (χ1) is 8.17. The fourth-order valence-corrected chi connectivity index (χ4v) is 2.34. The summed E-state index contributed by atoms with van der Waals surface area (Å²) < 4.78 is 3.80. The van der Waals surface area contributed by atoms with Crippen LogP contribution < -0.4 is 0 Å². The van der Waals surface area contributed by atoms with Crippen LogP contribution in [-0.4, -0.2) is 19.3 Å². The standard InChI is InChI=1S/C11H14Cl2N4/c1-3-8-11(13)9(16(2)15-8)7-17-5-4-14-10(17)6-12/h4-5H,3,6-7H2,1-2H3. The molecule has 0 aliphatic rings. The van der Waals surface area contributed by atoms with Gasteiger partial charge in [-0.05, 0) is 6.42 Å². The first-order valence-corrected chi connectivity index (χ1v) is 6.34. The first-order valence-electron chi connectivity index (χ1n) is 5.43. The smallest absolute Gasteiger partial charge is 0.123 e. The Hall–Kier alpha value is -1.00. The van der Waals surface area contributed by atoms with E-state index in [4.69, 9.17) is 23.2 Å². The Labute approximate surface area is 110 Å². The number of imidazole rings is 1. The third kappa shape index (κ3) is 2.33. The largest absolute Gasteiger partial charge is 0.328 e. The van der Waals surface area contributed by atoms with Crippen molar-refractivity contribution in [1.82, 2.24) is 19.3 Å². The van der Waals surface area contributed by atoms with Crippen molar-refractivity contribution >= 4 is 23.2 Å². The Bertz CT molecular complexity index is 516. The summed E-state index contributed by atoms with van der Waals surface area (Å²) >= 11 is 12.1. The molecule has 0 aromatic carbocycles. The molecule has 92 valence electrons. The minimum atomic E-state index is 0.392. The van der Waals surface area contributed by atoms with Gasteiger partial charge in [0.25, 0.3) is 0 Å². The molecule has 0 aliphatic heterocycles. The van der Waals surface area contributed by atoms with Gasteiger partial charge >= 0.3 is 0 Å². The number of hydrogen-bond donors (Lipinski definition) is 0. The van der Waals surface area contributed by atoms with Gasteiger partial charge in [0.05, 0.1) is 28.8 Å². The molecule has 2 aromatic heterocycles. The van der Waals surface area contributed by atoms with E-state index in [1.165, 1.54) is 0 Å². The number of aryl methyl sites for hydroxylation is 2. The molecule has 0 spiro atoms. The van der Waals surface area contributed by atoms with Crippen molar-refractivity contribution in [1.29, 1.82) is 0 Å². The molecule has 0 amide bonds. The lowest BCUT2D eigenvalue weighted by molar-refractivity contribution is 0.649. The van der Waals surface area contributed by atoms with Gasteiger partial charge in [0, 0.05) is 19.4 Å². The molecule has 0 saturated heterocycles. The van der Waals surface area contributed by atoms with Crippen molar-refractivity contribution in [3.63, 3.8) is 0 Å². The zero-order valence-corrected chi connectivity index (χ0v) is 11.3. The number of alkyl halides is 1. The monoisotopic (exact) mass is 272 g/mol. The topological polar surface area (TPSA) is 35.6 Å². The van der Waals surface area contributed by atoms with Gasteiger partial charge in [0.1, 0.15) is 5.82 Å². The Kier molecular flexibility index (Phi) is 3.74. The summed E-state index contributed by atoms with van der Waals surface area (Å²) in [6.07, 6.45) is 4.47. The van der Waals surface area contributed by atoms with Crippen LogP contribution in [0.25, 0.3) is 0 Å². The highest BCUT2D eigenvalue weighted by Gasteiger charge is 2.14. The lowest BCUT2D eigenvalue weighted by Gasteiger charge is -2.06. The number of hydrogen-bond acceptors (Lipinski definition) is 2. The minimum absolute atomic E-state index is 0.392. The zero-order valence-electron chi connectivity index (χ0n) is 9.82. The Morgan fingerprint density at radius 1 is 1.41 bits per heavy atom. The fourth-order valence-electron chi connectivity index (χ4n) is 1.77. The van der Waals surface area contributed by atoms with Crippen molar-refractivity contribution in [2.75, 3.05) is 0 Å². The van der Waals surface area contributed by atoms with E-state index in [-0.39, 0.29) is 0 Å². The van der Waals surface area contributed by atoms with Gasteiger partial charge in [-0.2, -0.15) is 5.10 Å². The molecule has 0 bridgehead atoms. The van der Waals surface area contributed by atoms with Gasteiger partial charge in [-0.1, -0.05) is 18.5 Å². The van der Waals surface area contributed by atoms with E-state index in [0.717, 1.165) is 28.7 Å². The molecule has 0 N–H and O–H groups in total. The van der Waals surface area contributed by atoms with Gasteiger partial charge in [-0.25, -0.2) is 4.98 Å². The van der Waals surface area contributed by atoms with Crippen LogP contribution in [0.3, 0.4) is 0 Å². The lowest BCUT2D eigenvalue weighted by atomic mass is 10.3. The highest BCUT2D eigenvalue weighted by atomic mass is 35.5. The minimum Gasteiger partial charge on any atom is -0.328 e. The lowest BCUT2D eigenvalue weighted by Crippen LogP contribution is -2.07. The highest BCUT2D eigenvalue weighted by molar-refractivity contribution is 6.31. The van der Waals surface area contributed by atoms with Crippen LogP contribution in [0.4, 0.5) is 0 Å². The van der Waals surface area contributed by atoms with Crippen LogP contribution in [0.15, 0.2) is 12.4 Å². The number of halogens is 2. The highest BCUT2D eigenvalue weighted by Crippen LogP contribution is 2.22. The summed E-state index contributed by atoms with van der Waals surface area (Å²) in [4.78, 5) is 4.18. The molecule has 0 atom stereocenters. The second-order valence-corrected chi connectivity index (χ2v) is 4.43. The van der Waals surface area contributed by atoms with Gasteiger partial charge < -0.3 is 4.57 Å². The number of rotatable bonds is 4. The zero-order chi connectivity index (χ0) is 12.4. The van der Waals surface area contributed by atoms with Crippen molar-refractivity contribution < 1.29 is 0 Å². The van der Waals surface area contributed by atoms with Crippen LogP contribution in [0.5, 0.6) is 0 Å². The van der Waals surface area contributed by atoms with Crippen LogP contribution in [0.1, 0.15) is 24.1 Å². The Morgan fingerprint density at radius 3 is 2.76 bits per heavy atom. The molecule has 17 heavy (non-hydrogen) atoms. The molecule has 0 unspecified atom stereocenters. The van der Waals surface area contributed by atoms with Crippen LogP contribution in [0.2, 0.25) is 5.02 Å². The predicted molar refractivity (Wildman–Crippen MR) is 68.5 cm³/mol. The average Bonchev–Trinajstić information content (AvgIpc) is 2.88. The summed E-state index contributed by atoms with van der Waals surface area (Å²) in [6.45, 7) is 2.68. The molecular formula is C11H14Cl2N4. The predicted octanol–water partition coefficient (Wildman–Crippen LogP) is 2.62. The van der Waals surface area contributed by atoms with Crippen molar-refractivity contribution in [3.05, 3.63) is 34.6 Å². The van der Waals surface area contributed by atoms with Gasteiger partial charge in [-0.15, -0.1) is 11.6 Å². The quantitative estimate of drug-likeness (QED) is 0.803. The molecule has 2 rings (SSSR count). The van der Waals surface area contributed by atoms with E-state index < -0.39 is 0 Å². The summed E-state index contributed by atoms with van der Waals surface area (Å²) in [5, 5.41) is 5.12. The molecule has 2 aromatic rings. The molecular weight excluding hydrogens is 259 g/mol. The molecule has 4 nitrogen and oxygen atoms in total. The van der Waals surface area contributed by atoms with Crippen LogP contribution in [0, 0.1) is 0 Å². The van der Waals surface area contributed by atoms with Gasteiger partial charge in [-0.3, -0.25) is 4.68 Å². The van der Waals surface area contributed by atoms with Crippen molar-refractivity contribution in [2.45, 2.75) is 25.8 Å². The molecule has 0 saturated carbocycles. The van der Waals surface area contributed by atoms with E-state index in [1.807, 2.05) is 29.4 Å². The maximum atomic E-state index is 6.29. The SMILES string of the molecule is CCc1nn(C)c(Cn2ccnc2CCl)c1Cl. The second-order valence-electron chi connectivity index (χ2n) is 3.79. The maximum absolute atomic E-state index is 6.29. The van der Waals surface area contributed by atoms with Crippen molar-refractivity contribution in [3.8, 4) is 0 Å². The normalized spacial score (nSPS) is 11.1. The second kappa shape index (κ2) is 5.10. The van der Waals surface area contributed by atoms with Crippen LogP contribution >= 0.6 is 23.2 Å². The summed E-state index contributed by atoms with van der Waals surface area (Å²) in [6, 6.07) is 0. The summed E-state index contributed by atoms with van der Waals surface area (Å²) in [7, 11) is 1.90. The summed E-state index contributed by atoms with van der Waals surface area (Å²) in [5.41, 5.74) is 1.91. The molecule has 0 radical (unpaired) electrons. The molecule has 0 aliphatic carbocycles. The van der Waals surface area contributed by atoms with E-state index in [9.17, 15) is 0 Å². The maximum Gasteiger partial charge on any atom is 0.123 e. The third-order valence-electron chi connectivity index (χ3n) is 2.74. The van der Waals surface area contributed by atoms with Gasteiger partial charge in [0.2, 0.25) is 0 Å². The Balaban J connectivity index is 2.33. The molecule has 2 heterocycles. The molecule has 0 fully saturated rings. The van der Waals surface area contributed by atoms with E-state index in [2.05, 4.69) is 10.1 Å². The van der Waals surface area contributed by atoms with Gasteiger partial charge in [0.15, 0.2) is 0 Å². The molecule has 6 heteroatoms.